The fraction of sp³-hybridized carbons (Fsp3) is 0.348. The molecule has 0 aliphatic rings. The third-order valence-corrected chi connectivity index (χ3v) is 6.25. The van der Waals surface area contributed by atoms with Crippen LogP contribution in [0.1, 0.15) is 36.9 Å². The molecule has 1 N–H and O–H groups in total. The summed E-state index contributed by atoms with van der Waals surface area (Å²) in [5, 5.41) is 12.6. The fourth-order valence-corrected chi connectivity index (χ4v) is 4.18. The average Bonchev–Trinajstić information content (AvgIpc) is 3.19. The average molecular weight is 475 g/mol. The van der Waals surface area contributed by atoms with Gasteiger partial charge in [0.25, 0.3) is 0 Å². The number of ether oxygens (including phenoxy) is 2. The van der Waals surface area contributed by atoms with Crippen molar-refractivity contribution in [3.8, 4) is 11.5 Å². The maximum absolute atomic E-state index is 12.5. The summed E-state index contributed by atoms with van der Waals surface area (Å²) in [6, 6.07) is 11.1. The van der Waals surface area contributed by atoms with Crippen LogP contribution in [0.3, 0.4) is 0 Å². The summed E-state index contributed by atoms with van der Waals surface area (Å²) in [7, 11) is 1.54. The van der Waals surface area contributed by atoms with Gasteiger partial charge in [-0.25, -0.2) is 0 Å². The van der Waals surface area contributed by atoms with Gasteiger partial charge in [-0.1, -0.05) is 35.5 Å². The molecule has 0 saturated carbocycles. The first kappa shape index (κ1) is 23.9. The summed E-state index contributed by atoms with van der Waals surface area (Å²) in [5.74, 6) is 2.06. The van der Waals surface area contributed by atoms with Crippen molar-refractivity contribution in [2.45, 2.75) is 45.5 Å². The van der Waals surface area contributed by atoms with Crippen LogP contribution in [-0.4, -0.2) is 33.5 Å². The lowest BCUT2D eigenvalue weighted by atomic mass is 10.1. The second kappa shape index (κ2) is 10.7. The Bertz CT molecular complexity index is 1100. The molecule has 0 fully saturated rings. The molecule has 1 amide bonds. The van der Waals surface area contributed by atoms with Gasteiger partial charge >= 0.3 is 0 Å². The number of nitrogens with zero attached hydrogens (tertiary/aromatic N) is 3. The van der Waals surface area contributed by atoms with Crippen LogP contribution in [0.15, 0.2) is 41.6 Å². The number of benzene rings is 2. The minimum Gasteiger partial charge on any atom is -0.495 e. The molecule has 0 radical (unpaired) electrons. The largest absolute Gasteiger partial charge is 0.495 e. The number of amides is 1. The molecule has 1 atom stereocenters. The van der Waals surface area contributed by atoms with Crippen LogP contribution in [-0.2, 0) is 11.3 Å². The van der Waals surface area contributed by atoms with Crippen molar-refractivity contribution >= 4 is 35.0 Å². The third-order valence-electron chi connectivity index (χ3n) is 5.05. The monoisotopic (exact) mass is 474 g/mol. The van der Waals surface area contributed by atoms with Gasteiger partial charge in [0, 0.05) is 11.6 Å². The number of aryl methyl sites for hydroxylation is 1. The van der Waals surface area contributed by atoms with Crippen LogP contribution >= 0.6 is 23.4 Å². The van der Waals surface area contributed by atoms with E-state index in [1.54, 1.807) is 25.3 Å². The standard InChI is InChI=1S/C23H27ClN4O3S/c1-6-28-22(16(4)31-19-9-7-8-14(2)15(19)3)26-27-23(28)32-13-21(29)25-18-12-17(24)10-11-20(18)30-5/h7-12,16H,6,13H2,1-5H3,(H,25,29). The number of halogens is 1. The van der Waals surface area contributed by atoms with E-state index in [9.17, 15) is 4.79 Å². The summed E-state index contributed by atoms with van der Waals surface area (Å²) in [6.45, 7) is 8.72. The number of methoxy groups -OCH3 is 1. The second-order valence-electron chi connectivity index (χ2n) is 7.22. The molecule has 1 unspecified atom stereocenters. The number of carbonyl (C=O) groups excluding carboxylic acids is 1. The molecule has 7 nitrogen and oxygen atoms in total. The third kappa shape index (κ3) is 5.55. The molecule has 3 aromatic rings. The highest BCUT2D eigenvalue weighted by Crippen LogP contribution is 2.29. The summed E-state index contributed by atoms with van der Waals surface area (Å²) < 4.78 is 13.4. The van der Waals surface area contributed by atoms with Crippen LogP contribution < -0.4 is 14.8 Å². The van der Waals surface area contributed by atoms with Crippen LogP contribution in [0.25, 0.3) is 0 Å². The van der Waals surface area contributed by atoms with E-state index in [1.807, 2.05) is 37.5 Å². The number of thioether (sulfide) groups is 1. The predicted molar refractivity (Wildman–Crippen MR) is 128 cm³/mol. The van der Waals surface area contributed by atoms with E-state index in [0.29, 0.717) is 34.0 Å². The molecule has 0 bridgehead atoms. The Morgan fingerprint density at radius 2 is 2.00 bits per heavy atom. The summed E-state index contributed by atoms with van der Waals surface area (Å²) >= 11 is 7.35. The van der Waals surface area contributed by atoms with Gasteiger partial charge in [0.05, 0.1) is 18.6 Å². The lowest BCUT2D eigenvalue weighted by Crippen LogP contribution is -2.16. The first-order valence-corrected chi connectivity index (χ1v) is 11.6. The SMILES string of the molecule is CCn1c(SCC(=O)Nc2cc(Cl)ccc2OC)nnc1C(C)Oc1cccc(C)c1C. The van der Waals surface area contributed by atoms with Gasteiger partial charge < -0.3 is 19.4 Å². The molecular formula is C23H27ClN4O3S. The Hall–Kier alpha value is -2.71. The van der Waals surface area contributed by atoms with Gasteiger partial charge in [-0.3, -0.25) is 4.79 Å². The van der Waals surface area contributed by atoms with Gasteiger partial charge in [0.2, 0.25) is 5.91 Å². The van der Waals surface area contributed by atoms with Gasteiger partial charge in [0.1, 0.15) is 11.5 Å². The molecule has 1 aromatic heterocycles. The smallest absolute Gasteiger partial charge is 0.234 e. The Kier molecular flexibility index (Phi) is 8.04. The Morgan fingerprint density at radius 1 is 1.22 bits per heavy atom. The number of nitrogens with one attached hydrogen (secondary N) is 1. The molecule has 0 aliphatic carbocycles. The Morgan fingerprint density at radius 3 is 2.72 bits per heavy atom. The van der Waals surface area contributed by atoms with Crippen molar-refractivity contribution in [3.05, 3.63) is 58.4 Å². The predicted octanol–water partition coefficient (Wildman–Crippen LogP) is 5.45. The van der Waals surface area contributed by atoms with Crippen molar-refractivity contribution < 1.29 is 14.3 Å². The number of hydrogen-bond acceptors (Lipinski definition) is 6. The molecule has 3 rings (SSSR count). The van der Waals surface area contributed by atoms with E-state index in [2.05, 4.69) is 28.5 Å². The molecule has 32 heavy (non-hydrogen) atoms. The minimum absolute atomic E-state index is 0.167. The molecular weight excluding hydrogens is 448 g/mol. The van der Waals surface area contributed by atoms with Crippen LogP contribution in [0, 0.1) is 13.8 Å². The van der Waals surface area contributed by atoms with E-state index in [1.165, 1.54) is 17.3 Å². The number of rotatable bonds is 9. The number of aromatic nitrogens is 3. The molecule has 0 spiro atoms. The highest BCUT2D eigenvalue weighted by Gasteiger charge is 2.20. The Labute approximate surface area is 197 Å². The fourth-order valence-electron chi connectivity index (χ4n) is 3.19. The van der Waals surface area contributed by atoms with Crippen molar-refractivity contribution in [1.29, 1.82) is 0 Å². The van der Waals surface area contributed by atoms with Gasteiger partial charge in [-0.05, 0) is 63.1 Å². The van der Waals surface area contributed by atoms with E-state index in [-0.39, 0.29) is 17.8 Å². The number of hydrogen-bond donors (Lipinski definition) is 1. The van der Waals surface area contributed by atoms with Gasteiger partial charge in [-0.15, -0.1) is 10.2 Å². The zero-order chi connectivity index (χ0) is 23.3. The first-order chi connectivity index (χ1) is 15.3. The van der Waals surface area contributed by atoms with E-state index in [4.69, 9.17) is 21.1 Å². The summed E-state index contributed by atoms with van der Waals surface area (Å²) in [6.07, 6.45) is -0.290. The molecule has 170 valence electrons. The van der Waals surface area contributed by atoms with Crippen molar-refractivity contribution in [1.82, 2.24) is 14.8 Å². The minimum atomic E-state index is -0.290. The van der Waals surface area contributed by atoms with Crippen molar-refractivity contribution in [2.75, 3.05) is 18.2 Å². The number of carbonyl (C=O) groups is 1. The normalized spacial score (nSPS) is 11.8. The van der Waals surface area contributed by atoms with Gasteiger partial charge in [0.15, 0.2) is 17.1 Å². The zero-order valence-corrected chi connectivity index (χ0v) is 20.4. The zero-order valence-electron chi connectivity index (χ0n) is 18.8. The topological polar surface area (TPSA) is 78.3 Å². The molecule has 9 heteroatoms. The number of anilines is 1. The molecule has 2 aromatic carbocycles. The molecule has 0 saturated heterocycles. The highest BCUT2D eigenvalue weighted by molar-refractivity contribution is 7.99. The highest BCUT2D eigenvalue weighted by atomic mass is 35.5. The molecule has 0 aliphatic heterocycles. The van der Waals surface area contributed by atoms with Crippen LogP contribution in [0.2, 0.25) is 5.02 Å². The lowest BCUT2D eigenvalue weighted by Gasteiger charge is -2.17. The second-order valence-corrected chi connectivity index (χ2v) is 8.60. The van der Waals surface area contributed by atoms with Crippen molar-refractivity contribution in [3.63, 3.8) is 0 Å². The van der Waals surface area contributed by atoms with Crippen molar-refractivity contribution in [2.24, 2.45) is 0 Å². The quantitative estimate of drug-likeness (QED) is 0.415. The van der Waals surface area contributed by atoms with Gasteiger partial charge in [-0.2, -0.15) is 0 Å². The Balaban J connectivity index is 1.68. The van der Waals surface area contributed by atoms with E-state index >= 15 is 0 Å². The van der Waals surface area contributed by atoms with E-state index < -0.39 is 0 Å². The van der Waals surface area contributed by atoms with Crippen LogP contribution in [0.4, 0.5) is 5.69 Å². The van der Waals surface area contributed by atoms with E-state index in [0.717, 1.165) is 11.3 Å². The summed E-state index contributed by atoms with van der Waals surface area (Å²) in [4.78, 5) is 12.5. The van der Waals surface area contributed by atoms with Crippen LogP contribution in [0.5, 0.6) is 11.5 Å². The first-order valence-electron chi connectivity index (χ1n) is 10.3. The maximum atomic E-state index is 12.5. The maximum Gasteiger partial charge on any atom is 0.234 e. The lowest BCUT2D eigenvalue weighted by molar-refractivity contribution is -0.113. The molecule has 1 heterocycles. The summed E-state index contributed by atoms with van der Waals surface area (Å²) in [5.41, 5.74) is 2.80.